The first-order chi connectivity index (χ1) is 11.2. The van der Waals surface area contributed by atoms with Gasteiger partial charge in [0.15, 0.2) is 0 Å². The number of hydrogen-bond acceptors (Lipinski definition) is 3. The first-order valence-corrected chi connectivity index (χ1v) is 8.45. The maximum atomic E-state index is 11.7. The minimum absolute atomic E-state index is 0.384. The third-order valence-corrected chi connectivity index (χ3v) is 4.99. The molecular weight excluding hydrogens is 304 g/mol. The molecule has 1 aromatic heterocycles. The van der Waals surface area contributed by atoms with Crippen LogP contribution in [0.4, 0.5) is 0 Å². The molecule has 3 N–H and O–H groups in total. The number of benzene rings is 1. The molecule has 5 heteroatoms. The van der Waals surface area contributed by atoms with Gasteiger partial charge in [0, 0.05) is 29.1 Å². The Kier molecular flexibility index (Phi) is 4.08. The number of hydrogen-bond donors (Lipinski definition) is 3. The summed E-state index contributed by atoms with van der Waals surface area (Å²) in [7, 11) is 1.67. The normalized spacial score (nSPS) is 23.5. The van der Waals surface area contributed by atoms with Gasteiger partial charge in [0.2, 0.25) is 0 Å². The zero-order valence-corrected chi connectivity index (χ0v) is 15.0. The molecule has 0 bridgehead atoms. The number of aromatic nitrogens is 1. The molecule has 5 nitrogen and oxygen atoms in total. The summed E-state index contributed by atoms with van der Waals surface area (Å²) in [6.45, 7) is 8.43. The number of rotatable bonds is 4. The summed E-state index contributed by atoms with van der Waals surface area (Å²) in [5.41, 5.74) is 3.90. The molecular formula is C19H26N2O3. The number of carboxylic acids is 1. The summed E-state index contributed by atoms with van der Waals surface area (Å²) in [6.07, 6.45) is 1.36. The van der Waals surface area contributed by atoms with Gasteiger partial charge in [-0.15, -0.1) is 0 Å². The van der Waals surface area contributed by atoms with Crippen LogP contribution in [-0.2, 0) is 16.8 Å². The third kappa shape index (κ3) is 2.67. The Balaban J connectivity index is 2.22. The smallest absolute Gasteiger partial charge is 0.321 e. The number of fused-ring (bicyclic) bond motifs is 3. The lowest BCUT2D eigenvalue weighted by molar-refractivity contribution is -0.140. The molecule has 130 valence electrons. The van der Waals surface area contributed by atoms with Crippen LogP contribution in [0.15, 0.2) is 12.1 Å². The van der Waals surface area contributed by atoms with E-state index in [-0.39, 0.29) is 5.54 Å². The van der Waals surface area contributed by atoms with Crippen molar-refractivity contribution in [1.29, 1.82) is 0 Å². The first kappa shape index (κ1) is 16.8. The molecule has 2 aromatic rings. The Labute approximate surface area is 142 Å². The quantitative estimate of drug-likeness (QED) is 0.804. The van der Waals surface area contributed by atoms with E-state index < -0.39 is 12.0 Å². The van der Waals surface area contributed by atoms with Crippen molar-refractivity contribution in [2.75, 3.05) is 7.11 Å². The summed E-state index contributed by atoms with van der Waals surface area (Å²) >= 11 is 0. The van der Waals surface area contributed by atoms with E-state index in [9.17, 15) is 9.90 Å². The van der Waals surface area contributed by atoms with E-state index >= 15 is 0 Å². The highest BCUT2D eigenvalue weighted by atomic mass is 16.5. The van der Waals surface area contributed by atoms with Crippen LogP contribution in [0, 0.1) is 12.8 Å². The highest BCUT2D eigenvalue weighted by Gasteiger charge is 2.41. The first-order valence-electron chi connectivity index (χ1n) is 8.45. The van der Waals surface area contributed by atoms with Crippen molar-refractivity contribution in [2.45, 2.75) is 52.1 Å². The number of nitrogens with one attached hydrogen (secondary N) is 2. The highest BCUT2D eigenvalue weighted by molar-refractivity contribution is 5.89. The summed E-state index contributed by atoms with van der Waals surface area (Å²) in [5, 5.41) is 14.0. The number of aliphatic carboxylic acids is 1. The lowest BCUT2D eigenvalue weighted by Gasteiger charge is -2.39. The molecule has 1 aromatic carbocycles. The molecule has 0 amide bonds. The number of aryl methyl sites for hydroxylation is 1. The summed E-state index contributed by atoms with van der Waals surface area (Å²) in [4.78, 5) is 15.2. The van der Waals surface area contributed by atoms with Gasteiger partial charge < -0.3 is 14.8 Å². The molecule has 1 aliphatic rings. The Morgan fingerprint density at radius 2 is 2.17 bits per heavy atom. The topological polar surface area (TPSA) is 74.4 Å². The summed E-state index contributed by atoms with van der Waals surface area (Å²) < 4.78 is 5.43. The Morgan fingerprint density at radius 3 is 2.75 bits per heavy atom. The molecule has 0 saturated heterocycles. The van der Waals surface area contributed by atoms with Crippen molar-refractivity contribution in [1.82, 2.24) is 10.3 Å². The van der Waals surface area contributed by atoms with Crippen LogP contribution in [0.2, 0.25) is 0 Å². The third-order valence-electron chi connectivity index (χ3n) is 4.99. The predicted molar refractivity (Wildman–Crippen MR) is 94.7 cm³/mol. The van der Waals surface area contributed by atoms with Crippen molar-refractivity contribution >= 4 is 16.9 Å². The number of carboxylic acid groups (broad SMARTS) is 1. The van der Waals surface area contributed by atoms with Crippen LogP contribution in [0.3, 0.4) is 0 Å². The van der Waals surface area contributed by atoms with E-state index in [4.69, 9.17) is 4.74 Å². The van der Waals surface area contributed by atoms with Crippen LogP contribution >= 0.6 is 0 Å². The van der Waals surface area contributed by atoms with Gasteiger partial charge in [-0.05, 0) is 43.4 Å². The van der Waals surface area contributed by atoms with Gasteiger partial charge in [0.05, 0.1) is 12.6 Å². The lowest BCUT2D eigenvalue weighted by atomic mass is 9.80. The van der Waals surface area contributed by atoms with Gasteiger partial charge in [0.25, 0.3) is 0 Å². The second-order valence-corrected chi connectivity index (χ2v) is 7.52. The second kappa shape index (κ2) is 5.81. The largest absolute Gasteiger partial charge is 0.496 e. The van der Waals surface area contributed by atoms with E-state index in [1.807, 2.05) is 13.0 Å². The number of ether oxygens (including phenoxy) is 1. The van der Waals surface area contributed by atoms with Crippen molar-refractivity contribution < 1.29 is 14.6 Å². The maximum Gasteiger partial charge on any atom is 0.321 e. The minimum Gasteiger partial charge on any atom is -0.496 e. The van der Waals surface area contributed by atoms with Gasteiger partial charge in [-0.1, -0.05) is 13.8 Å². The minimum atomic E-state index is -0.796. The Hall–Kier alpha value is -2.01. The van der Waals surface area contributed by atoms with Gasteiger partial charge in [-0.25, -0.2) is 0 Å². The Morgan fingerprint density at radius 1 is 1.46 bits per heavy atom. The van der Waals surface area contributed by atoms with E-state index in [1.54, 1.807) is 7.11 Å². The molecule has 0 aliphatic carbocycles. The average molecular weight is 330 g/mol. The zero-order valence-electron chi connectivity index (χ0n) is 15.0. The fraction of sp³-hybridized carbons (Fsp3) is 0.526. The van der Waals surface area contributed by atoms with E-state index in [0.717, 1.165) is 39.9 Å². The maximum absolute atomic E-state index is 11.7. The van der Waals surface area contributed by atoms with E-state index in [1.165, 1.54) is 0 Å². The van der Waals surface area contributed by atoms with Crippen LogP contribution in [0.5, 0.6) is 5.75 Å². The van der Waals surface area contributed by atoms with Crippen LogP contribution < -0.4 is 10.1 Å². The van der Waals surface area contributed by atoms with Gasteiger partial charge >= 0.3 is 5.97 Å². The second-order valence-electron chi connectivity index (χ2n) is 7.52. The van der Waals surface area contributed by atoms with Gasteiger partial charge in [0.1, 0.15) is 11.8 Å². The fourth-order valence-electron chi connectivity index (χ4n) is 4.13. The average Bonchev–Trinajstić information content (AvgIpc) is 2.84. The van der Waals surface area contributed by atoms with Crippen LogP contribution in [-0.4, -0.2) is 29.2 Å². The molecule has 0 saturated carbocycles. The molecule has 0 fully saturated rings. The van der Waals surface area contributed by atoms with Crippen molar-refractivity contribution in [3.63, 3.8) is 0 Å². The molecule has 0 unspecified atom stereocenters. The molecule has 1 aliphatic heterocycles. The fourth-order valence-corrected chi connectivity index (χ4v) is 4.13. The number of H-pyrrole nitrogens is 1. The van der Waals surface area contributed by atoms with Crippen LogP contribution in [0.1, 0.15) is 44.0 Å². The van der Waals surface area contributed by atoms with Crippen molar-refractivity contribution in [2.24, 2.45) is 5.92 Å². The van der Waals surface area contributed by atoms with E-state index in [2.05, 4.69) is 37.1 Å². The molecule has 2 heterocycles. The number of methoxy groups -OCH3 is 1. The molecule has 2 atom stereocenters. The highest BCUT2D eigenvalue weighted by Crippen LogP contribution is 2.40. The monoisotopic (exact) mass is 330 g/mol. The van der Waals surface area contributed by atoms with Gasteiger partial charge in [-0.3, -0.25) is 10.1 Å². The molecule has 3 rings (SSSR count). The zero-order chi connectivity index (χ0) is 17.6. The predicted octanol–water partition coefficient (Wildman–Crippen LogP) is 3.35. The van der Waals surface area contributed by atoms with E-state index in [0.29, 0.717) is 12.3 Å². The lowest BCUT2D eigenvalue weighted by Crippen LogP contribution is -2.54. The summed E-state index contributed by atoms with van der Waals surface area (Å²) in [5.74, 6) is 0.496. The number of aromatic amines is 1. The standard InChI is InChI=1S/C19H26N2O3/c1-10(2)9-19(4)17-13(7-15(21-19)18(22)23)12-6-11(3)16(24-5)8-14(12)20-17/h6,8,10,15,20-21H,7,9H2,1-5H3,(H,22,23)/t15-,19-/m0/s1. The SMILES string of the molecule is COc1cc2[nH]c3c(c2cc1C)C[C@@H](C(=O)O)N[C@@]3(C)CC(C)C. The van der Waals surface area contributed by atoms with Gasteiger partial charge in [-0.2, -0.15) is 0 Å². The summed E-state index contributed by atoms with van der Waals surface area (Å²) in [6, 6.07) is 3.54. The molecule has 0 spiro atoms. The van der Waals surface area contributed by atoms with Crippen molar-refractivity contribution in [3.8, 4) is 5.75 Å². The van der Waals surface area contributed by atoms with Crippen molar-refractivity contribution in [3.05, 3.63) is 29.0 Å². The number of carbonyl (C=O) groups is 1. The Bertz CT molecular complexity index is 793. The molecule has 24 heavy (non-hydrogen) atoms. The molecule has 0 radical (unpaired) electrons. The van der Waals surface area contributed by atoms with Crippen LogP contribution in [0.25, 0.3) is 10.9 Å².